The summed E-state index contributed by atoms with van der Waals surface area (Å²) in [5, 5.41) is 4.70. The van der Waals surface area contributed by atoms with Crippen LogP contribution in [0.2, 0.25) is 0 Å². The molecule has 0 saturated carbocycles. The Bertz CT molecular complexity index is 1220. The Hall–Kier alpha value is -3.52. The first kappa shape index (κ1) is 20.7. The minimum absolute atomic E-state index is 0.135. The lowest BCUT2D eigenvalue weighted by Crippen LogP contribution is -2.33. The number of ether oxygens (including phenoxy) is 1. The third-order valence-corrected chi connectivity index (χ3v) is 5.38. The van der Waals surface area contributed by atoms with Gasteiger partial charge in [0, 0.05) is 11.6 Å². The van der Waals surface area contributed by atoms with Crippen LogP contribution in [0.4, 0.5) is 0 Å². The van der Waals surface area contributed by atoms with E-state index >= 15 is 0 Å². The normalized spacial score (nSPS) is 12.4. The summed E-state index contributed by atoms with van der Waals surface area (Å²) >= 11 is 0. The van der Waals surface area contributed by atoms with Crippen LogP contribution in [0.5, 0.6) is 5.75 Å². The van der Waals surface area contributed by atoms with E-state index in [1.807, 2.05) is 42.5 Å². The average Bonchev–Trinajstić information content (AvgIpc) is 3.27. The van der Waals surface area contributed by atoms with Gasteiger partial charge in [-0.2, -0.15) is 4.98 Å². The highest BCUT2D eigenvalue weighted by Gasteiger charge is 2.19. The maximum atomic E-state index is 12.4. The van der Waals surface area contributed by atoms with Crippen LogP contribution in [0.15, 0.2) is 57.8 Å². The van der Waals surface area contributed by atoms with E-state index in [0.29, 0.717) is 41.5 Å². The highest BCUT2D eigenvalue weighted by atomic mass is 16.5. The largest absolute Gasteiger partial charge is 0.497 e. The van der Waals surface area contributed by atoms with E-state index in [9.17, 15) is 4.79 Å². The van der Waals surface area contributed by atoms with Crippen LogP contribution in [-0.4, -0.2) is 38.2 Å². The maximum Gasteiger partial charge on any atom is 0.258 e. The number of rotatable bonds is 8. The fourth-order valence-electron chi connectivity index (χ4n) is 3.38. The van der Waals surface area contributed by atoms with Crippen LogP contribution < -0.4 is 10.3 Å². The molecule has 0 radical (unpaired) electrons. The zero-order valence-electron chi connectivity index (χ0n) is 17.8. The number of hydrogen-bond donors (Lipinski definition) is 1. The van der Waals surface area contributed by atoms with Gasteiger partial charge in [-0.25, -0.2) is 4.98 Å². The molecule has 0 saturated heterocycles. The molecule has 0 spiro atoms. The van der Waals surface area contributed by atoms with Crippen LogP contribution in [0.25, 0.3) is 22.3 Å². The second kappa shape index (κ2) is 9.09. The van der Waals surface area contributed by atoms with Crippen LogP contribution >= 0.6 is 0 Å². The van der Waals surface area contributed by atoms with Crippen LogP contribution in [0, 0.1) is 0 Å². The molecule has 2 aromatic carbocycles. The van der Waals surface area contributed by atoms with Gasteiger partial charge in [-0.3, -0.25) is 9.69 Å². The van der Waals surface area contributed by atoms with Crippen molar-refractivity contribution in [3.8, 4) is 17.1 Å². The zero-order chi connectivity index (χ0) is 21.8. The van der Waals surface area contributed by atoms with E-state index in [4.69, 9.17) is 9.26 Å². The van der Waals surface area contributed by atoms with E-state index in [-0.39, 0.29) is 11.6 Å². The predicted octanol–water partition coefficient (Wildman–Crippen LogP) is 3.78. The third kappa shape index (κ3) is 4.64. The van der Waals surface area contributed by atoms with Gasteiger partial charge in [0.1, 0.15) is 11.6 Å². The lowest BCUT2D eigenvalue weighted by molar-refractivity contribution is 0.158. The number of nitrogens with zero attached hydrogens (tertiary/aromatic N) is 4. The predicted molar refractivity (Wildman–Crippen MR) is 118 cm³/mol. The molecule has 0 amide bonds. The second-order valence-corrected chi connectivity index (χ2v) is 7.43. The Kier molecular flexibility index (Phi) is 6.08. The van der Waals surface area contributed by atoms with Crippen molar-refractivity contribution in [1.29, 1.82) is 0 Å². The van der Waals surface area contributed by atoms with Gasteiger partial charge in [-0.05, 0) is 49.7 Å². The summed E-state index contributed by atoms with van der Waals surface area (Å²) in [6, 6.07) is 15.1. The number of methoxy groups -OCH3 is 1. The summed E-state index contributed by atoms with van der Waals surface area (Å²) in [6.07, 6.45) is 0.928. The molecule has 1 atom stereocenters. The van der Waals surface area contributed by atoms with Crippen molar-refractivity contribution in [2.24, 2.45) is 0 Å². The van der Waals surface area contributed by atoms with Crippen molar-refractivity contribution in [2.75, 3.05) is 7.11 Å². The van der Waals surface area contributed by atoms with E-state index in [1.54, 1.807) is 13.2 Å². The molecule has 0 bridgehead atoms. The fourth-order valence-corrected chi connectivity index (χ4v) is 3.38. The average molecular weight is 419 g/mol. The molecular formula is C23H25N5O3. The van der Waals surface area contributed by atoms with Crippen molar-refractivity contribution >= 4 is 10.9 Å². The minimum atomic E-state index is -0.135. The Morgan fingerprint density at radius 2 is 1.87 bits per heavy atom. The van der Waals surface area contributed by atoms with Gasteiger partial charge in [0.15, 0.2) is 0 Å². The molecule has 1 N–H and O–H groups in total. The van der Waals surface area contributed by atoms with Gasteiger partial charge in [-0.1, -0.05) is 24.2 Å². The Morgan fingerprint density at radius 1 is 1.10 bits per heavy atom. The molecular weight excluding hydrogens is 394 g/mol. The molecule has 8 nitrogen and oxygen atoms in total. The van der Waals surface area contributed by atoms with Gasteiger partial charge in [-0.15, -0.1) is 0 Å². The molecule has 0 aliphatic heterocycles. The molecule has 4 rings (SSSR count). The highest BCUT2D eigenvalue weighted by Crippen LogP contribution is 2.21. The molecule has 1 unspecified atom stereocenters. The Balaban J connectivity index is 1.55. The first-order chi connectivity index (χ1) is 15.1. The molecule has 0 aliphatic carbocycles. The van der Waals surface area contributed by atoms with Gasteiger partial charge in [0.2, 0.25) is 11.7 Å². The number of benzene rings is 2. The monoisotopic (exact) mass is 419 g/mol. The molecule has 0 aliphatic rings. The smallest absolute Gasteiger partial charge is 0.258 e. The van der Waals surface area contributed by atoms with Crippen molar-refractivity contribution in [3.05, 3.63) is 70.6 Å². The van der Waals surface area contributed by atoms with Crippen LogP contribution in [-0.2, 0) is 13.1 Å². The lowest BCUT2D eigenvalue weighted by atomic mass is 10.2. The summed E-state index contributed by atoms with van der Waals surface area (Å²) in [6.45, 7) is 5.16. The molecule has 8 heteroatoms. The summed E-state index contributed by atoms with van der Waals surface area (Å²) in [5.41, 5.74) is 1.40. The first-order valence-corrected chi connectivity index (χ1v) is 10.3. The number of aromatic nitrogens is 4. The van der Waals surface area contributed by atoms with E-state index in [0.717, 1.165) is 17.7 Å². The van der Waals surface area contributed by atoms with Gasteiger partial charge in [0.05, 0.1) is 31.1 Å². The van der Waals surface area contributed by atoms with Crippen LogP contribution in [0.1, 0.15) is 32.0 Å². The molecule has 0 fully saturated rings. The standard InChI is InChI=1S/C23H25N5O3/c1-4-15(2)28(13-20-24-19-8-6-5-7-18(19)23(29)25-20)14-21-26-22(27-31-21)16-9-11-17(30-3)12-10-16/h5-12,15H,4,13-14H2,1-3H3,(H,24,25,29). The highest BCUT2D eigenvalue weighted by molar-refractivity contribution is 5.77. The topological polar surface area (TPSA) is 97.1 Å². The van der Waals surface area contributed by atoms with Crippen molar-refractivity contribution < 1.29 is 9.26 Å². The molecule has 2 heterocycles. The molecule has 2 aromatic heterocycles. The minimum Gasteiger partial charge on any atom is -0.497 e. The fraction of sp³-hybridized carbons (Fsp3) is 0.304. The summed E-state index contributed by atoms with van der Waals surface area (Å²) < 4.78 is 10.7. The SMILES string of the molecule is CCC(C)N(Cc1nc2ccccc2c(=O)[nH]1)Cc1nc(-c2ccc(OC)cc2)no1. The summed E-state index contributed by atoms with van der Waals surface area (Å²) in [7, 11) is 1.63. The first-order valence-electron chi connectivity index (χ1n) is 10.3. The third-order valence-electron chi connectivity index (χ3n) is 5.38. The maximum absolute atomic E-state index is 12.4. The number of nitrogens with one attached hydrogen (secondary N) is 1. The van der Waals surface area contributed by atoms with Crippen molar-refractivity contribution in [1.82, 2.24) is 25.0 Å². The molecule has 160 valence electrons. The number of H-pyrrole nitrogens is 1. The second-order valence-electron chi connectivity index (χ2n) is 7.43. The quantitative estimate of drug-likeness (QED) is 0.464. The number of aromatic amines is 1. The molecule has 31 heavy (non-hydrogen) atoms. The number of fused-ring (bicyclic) bond motifs is 1. The zero-order valence-corrected chi connectivity index (χ0v) is 17.8. The number of para-hydroxylation sites is 1. The van der Waals surface area contributed by atoms with Crippen molar-refractivity contribution in [2.45, 2.75) is 39.4 Å². The Morgan fingerprint density at radius 3 is 2.61 bits per heavy atom. The summed E-state index contributed by atoms with van der Waals surface area (Å²) in [4.78, 5) is 26.7. The van der Waals surface area contributed by atoms with E-state index in [1.165, 1.54) is 0 Å². The van der Waals surface area contributed by atoms with Crippen LogP contribution in [0.3, 0.4) is 0 Å². The van der Waals surface area contributed by atoms with E-state index < -0.39 is 0 Å². The Labute approximate surface area is 179 Å². The summed E-state index contributed by atoms with van der Waals surface area (Å²) in [5.74, 6) is 2.42. The lowest BCUT2D eigenvalue weighted by Gasteiger charge is -2.26. The van der Waals surface area contributed by atoms with E-state index in [2.05, 4.69) is 38.9 Å². The van der Waals surface area contributed by atoms with Crippen molar-refractivity contribution in [3.63, 3.8) is 0 Å². The van der Waals surface area contributed by atoms with Gasteiger partial charge < -0.3 is 14.2 Å². The van der Waals surface area contributed by atoms with Gasteiger partial charge >= 0.3 is 0 Å². The van der Waals surface area contributed by atoms with Gasteiger partial charge in [0.25, 0.3) is 5.56 Å². The number of hydrogen-bond acceptors (Lipinski definition) is 7. The molecule has 4 aromatic rings.